The standard InChI is InChI=1S/C22H27ClO6/c1-14(2)29-21(22(25)26)11-16-4-7-19(8-5-16)27-12-18(24)13-28-20-9-6-17(23)10-15(20)3/h4-10,14,18,21,24H,11-13H2,1-3H3,(H,25,26). The number of hydrogen-bond acceptors (Lipinski definition) is 5. The Morgan fingerprint density at radius 3 is 2.31 bits per heavy atom. The van der Waals surface area contributed by atoms with E-state index in [1.54, 1.807) is 56.3 Å². The van der Waals surface area contributed by atoms with Crippen LogP contribution >= 0.6 is 11.6 Å². The quantitative estimate of drug-likeness (QED) is 0.571. The first-order chi connectivity index (χ1) is 13.7. The van der Waals surface area contributed by atoms with Crippen LogP contribution < -0.4 is 9.47 Å². The fourth-order valence-electron chi connectivity index (χ4n) is 2.66. The van der Waals surface area contributed by atoms with Gasteiger partial charge in [0.15, 0.2) is 6.10 Å². The first-order valence-electron chi connectivity index (χ1n) is 9.41. The van der Waals surface area contributed by atoms with Gasteiger partial charge in [0, 0.05) is 11.4 Å². The van der Waals surface area contributed by atoms with Gasteiger partial charge in [-0.1, -0.05) is 23.7 Å². The predicted octanol–water partition coefficient (Wildman–Crippen LogP) is 3.89. The van der Waals surface area contributed by atoms with Crippen molar-refractivity contribution in [2.24, 2.45) is 0 Å². The summed E-state index contributed by atoms with van der Waals surface area (Å²) in [7, 11) is 0. The normalized spacial score (nSPS) is 13.2. The Kier molecular flexibility index (Phi) is 8.76. The summed E-state index contributed by atoms with van der Waals surface area (Å²) in [5.41, 5.74) is 1.72. The zero-order valence-corrected chi connectivity index (χ0v) is 17.6. The number of aliphatic carboxylic acids is 1. The number of carboxylic acid groups (broad SMARTS) is 1. The monoisotopic (exact) mass is 422 g/mol. The second-order valence-electron chi connectivity index (χ2n) is 7.05. The lowest BCUT2D eigenvalue weighted by molar-refractivity contribution is -0.153. The van der Waals surface area contributed by atoms with Gasteiger partial charge < -0.3 is 24.4 Å². The number of hydrogen-bond donors (Lipinski definition) is 2. The van der Waals surface area contributed by atoms with Gasteiger partial charge in [0.2, 0.25) is 0 Å². The maximum Gasteiger partial charge on any atom is 0.333 e. The topological polar surface area (TPSA) is 85.2 Å². The number of halogens is 1. The van der Waals surface area contributed by atoms with Gasteiger partial charge in [-0.3, -0.25) is 0 Å². The molecule has 2 rings (SSSR count). The van der Waals surface area contributed by atoms with E-state index in [1.807, 2.05) is 6.92 Å². The van der Waals surface area contributed by atoms with Crippen molar-refractivity contribution in [1.82, 2.24) is 0 Å². The van der Waals surface area contributed by atoms with Crippen LogP contribution in [0, 0.1) is 6.92 Å². The van der Waals surface area contributed by atoms with Crippen LogP contribution in [0.4, 0.5) is 0 Å². The van der Waals surface area contributed by atoms with Gasteiger partial charge in [-0.25, -0.2) is 4.79 Å². The molecular formula is C22H27ClO6. The van der Waals surface area contributed by atoms with E-state index in [4.69, 9.17) is 25.8 Å². The maximum atomic E-state index is 11.3. The summed E-state index contributed by atoms with van der Waals surface area (Å²) < 4.78 is 16.6. The molecule has 158 valence electrons. The largest absolute Gasteiger partial charge is 0.491 e. The number of aryl methyl sites for hydroxylation is 1. The molecule has 2 aromatic carbocycles. The summed E-state index contributed by atoms with van der Waals surface area (Å²) in [6.45, 7) is 5.65. The third kappa shape index (κ3) is 7.93. The number of aliphatic hydroxyl groups excluding tert-OH is 1. The number of aliphatic hydroxyl groups is 1. The molecule has 2 aromatic rings. The Balaban J connectivity index is 1.80. The van der Waals surface area contributed by atoms with Crippen LogP contribution in [-0.4, -0.2) is 47.7 Å². The molecule has 2 N–H and O–H groups in total. The van der Waals surface area contributed by atoms with E-state index in [2.05, 4.69) is 0 Å². The Bertz CT molecular complexity index is 790. The molecule has 0 spiro atoms. The third-order valence-corrected chi connectivity index (χ3v) is 4.30. The van der Waals surface area contributed by atoms with Crippen LogP contribution in [0.1, 0.15) is 25.0 Å². The van der Waals surface area contributed by atoms with Gasteiger partial charge in [0.25, 0.3) is 0 Å². The molecular weight excluding hydrogens is 396 g/mol. The van der Waals surface area contributed by atoms with Gasteiger partial charge >= 0.3 is 5.97 Å². The molecule has 0 amide bonds. The molecule has 0 heterocycles. The number of rotatable bonds is 11. The Hall–Kier alpha value is -2.28. The number of carboxylic acids is 1. The van der Waals surface area contributed by atoms with E-state index >= 15 is 0 Å². The van der Waals surface area contributed by atoms with E-state index in [0.717, 1.165) is 11.1 Å². The molecule has 6 nitrogen and oxygen atoms in total. The summed E-state index contributed by atoms with van der Waals surface area (Å²) >= 11 is 5.91. The molecule has 0 saturated heterocycles. The van der Waals surface area contributed by atoms with Crippen LogP contribution in [0.15, 0.2) is 42.5 Å². The fourth-order valence-corrected chi connectivity index (χ4v) is 2.89. The molecule has 0 aliphatic carbocycles. The van der Waals surface area contributed by atoms with Gasteiger partial charge in [0.1, 0.15) is 30.8 Å². The maximum absolute atomic E-state index is 11.3. The predicted molar refractivity (Wildman–Crippen MR) is 111 cm³/mol. The third-order valence-electron chi connectivity index (χ3n) is 4.07. The Labute approximate surface area is 176 Å². The van der Waals surface area contributed by atoms with Crippen molar-refractivity contribution in [3.05, 3.63) is 58.6 Å². The van der Waals surface area contributed by atoms with Crippen molar-refractivity contribution >= 4 is 17.6 Å². The molecule has 29 heavy (non-hydrogen) atoms. The average molecular weight is 423 g/mol. The molecule has 0 aromatic heterocycles. The number of carbonyl (C=O) groups is 1. The van der Waals surface area contributed by atoms with Crippen LogP contribution in [0.5, 0.6) is 11.5 Å². The highest BCUT2D eigenvalue weighted by atomic mass is 35.5. The van der Waals surface area contributed by atoms with Crippen LogP contribution in [0.2, 0.25) is 5.02 Å². The average Bonchev–Trinajstić information content (AvgIpc) is 2.65. The van der Waals surface area contributed by atoms with Crippen LogP contribution in [0.3, 0.4) is 0 Å². The van der Waals surface area contributed by atoms with Crippen molar-refractivity contribution in [2.45, 2.75) is 45.5 Å². The van der Waals surface area contributed by atoms with E-state index < -0.39 is 18.2 Å². The van der Waals surface area contributed by atoms with Gasteiger partial charge in [-0.2, -0.15) is 0 Å². The highest BCUT2D eigenvalue weighted by molar-refractivity contribution is 6.30. The van der Waals surface area contributed by atoms with Crippen LogP contribution in [0.25, 0.3) is 0 Å². The smallest absolute Gasteiger partial charge is 0.333 e. The highest BCUT2D eigenvalue weighted by Crippen LogP contribution is 2.22. The SMILES string of the molecule is Cc1cc(Cl)ccc1OCC(O)COc1ccc(CC(OC(C)C)C(=O)O)cc1. The van der Waals surface area contributed by atoms with Gasteiger partial charge in [-0.15, -0.1) is 0 Å². The van der Waals surface area contributed by atoms with Crippen molar-refractivity contribution < 1.29 is 29.2 Å². The molecule has 2 unspecified atom stereocenters. The summed E-state index contributed by atoms with van der Waals surface area (Å²) in [4.78, 5) is 11.3. The fraction of sp³-hybridized carbons (Fsp3) is 0.409. The lowest BCUT2D eigenvalue weighted by Crippen LogP contribution is -2.29. The molecule has 0 aliphatic heterocycles. The zero-order chi connectivity index (χ0) is 21.4. The Morgan fingerprint density at radius 2 is 1.72 bits per heavy atom. The second-order valence-corrected chi connectivity index (χ2v) is 7.48. The Morgan fingerprint density at radius 1 is 1.07 bits per heavy atom. The lowest BCUT2D eigenvalue weighted by atomic mass is 10.1. The summed E-state index contributed by atoms with van der Waals surface area (Å²) in [6.07, 6.45) is -1.60. The lowest BCUT2D eigenvalue weighted by Gasteiger charge is -2.17. The molecule has 0 aliphatic rings. The summed E-state index contributed by atoms with van der Waals surface area (Å²) in [6, 6.07) is 12.3. The van der Waals surface area contributed by atoms with E-state index in [-0.39, 0.29) is 25.7 Å². The van der Waals surface area contributed by atoms with E-state index in [1.165, 1.54) is 0 Å². The van der Waals surface area contributed by atoms with Crippen molar-refractivity contribution in [3.63, 3.8) is 0 Å². The minimum Gasteiger partial charge on any atom is -0.491 e. The highest BCUT2D eigenvalue weighted by Gasteiger charge is 2.20. The molecule has 0 bridgehead atoms. The minimum absolute atomic E-state index is 0.0696. The molecule has 0 radical (unpaired) electrons. The number of benzene rings is 2. The summed E-state index contributed by atoms with van der Waals surface area (Å²) in [5.74, 6) is 0.250. The summed E-state index contributed by atoms with van der Waals surface area (Å²) in [5, 5.41) is 20.0. The van der Waals surface area contributed by atoms with Crippen molar-refractivity contribution in [1.29, 1.82) is 0 Å². The van der Waals surface area contributed by atoms with Gasteiger partial charge in [-0.05, 0) is 62.2 Å². The molecule has 7 heteroatoms. The number of ether oxygens (including phenoxy) is 3. The molecule has 0 fully saturated rings. The van der Waals surface area contributed by atoms with E-state index in [0.29, 0.717) is 16.5 Å². The van der Waals surface area contributed by atoms with Gasteiger partial charge in [0.05, 0.1) is 6.10 Å². The first kappa shape index (κ1) is 23.0. The minimum atomic E-state index is -0.988. The van der Waals surface area contributed by atoms with Crippen LogP contribution in [-0.2, 0) is 16.0 Å². The molecule has 0 saturated carbocycles. The zero-order valence-electron chi connectivity index (χ0n) is 16.8. The molecule has 2 atom stereocenters. The van der Waals surface area contributed by atoms with E-state index in [9.17, 15) is 15.0 Å². The van der Waals surface area contributed by atoms with Crippen molar-refractivity contribution in [2.75, 3.05) is 13.2 Å². The van der Waals surface area contributed by atoms with Crippen molar-refractivity contribution in [3.8, 4) is 11.5 Å². The second kappa shape index (κ2) is 11.0. The first-order valence-corrected chi connectivity index (χ1v) is 9.79.